The van der Waals surface area contributed by atoms with Gasteiger partial charge in [0, 0.05) is 5.41 Å². The second kappa shape index (κ2) is 13.0. The Labute approximate surface area is 301 Å². The summed E-state index contributed by atoms with van der Waals surface area (Å²) < 4.78 is 2.21. The maximum Gasteiger partial charge on any atom is 0.00873 e. The molecule has 47 heavy (non-hydrogen) atoms. The van der Waals surface area contributed by atoms with E-state index in [1.54, 1.807) is 0 Å². The van der Waals surface area contributed by atoms with Crippen molar-refractivity contribution in [3.8, 4) is 11.1 Å². The van der Waals surface area contributed by atoms with Crippen molar-refractivity contribution in [3.63, 3.8) is 0 Å². The van der Waals surface area contributed by atoms with Gasteiger partial charge in [0.1, 0.15) is 0 Å². The third-order valence-corrected chi connectivity index (χ3v) is 11.1. The van der Waals surface area contributed by atoms with E-state index in [0.29, 0.717) is 11.8 Å². The van der Waals surface area contributed by atoms with Gasteiger partial charge in [-0.15, -0.1) is 11.6 Å². The van der Waals surface area contributed by atoms with Crippen LogP contribution in [0.1, 0.15) is 135 Å². The number of hydrogen-bond acceptors (Lipinski definition) is 0. The fourth-order valence-electron chi connectivity index (χ4n) is 7.84. The zero-order chi connectivity index (χ0) is 34.6. The van der Waals surface area contributed by atoms with Crippen molar-refractivity contribution >= 4 is 14.9 Å². The summed E-state index contributed by atoms with van der Waals surface area (Å²) in [7, 11) is 0. The van der Waals surface area contributed by atoms with Crippen LogP contribution < -0.4 is 0 Å². The van der Waals surface area contributed by atoms with Crippen LogP contribution in [0.25, 0.3) is 22.3 Å². The molecule has 0 radical (unpaired) electrons. The first kappa shape index (κ1) is 35.7. The van der Waals surface area contributed by atoms with Gasteiger partial charge >= 0.3 is 89.5 Å². The molecule has 7 rings (SSSR count). The fourth-order valence-corrected chi connectivity index (χ4v) is 8.31. The van der Waals surface area contributed by atoms with Crippen LogP contribution in [0.2, 0.25) is 0 Å². The summed E-state index contributed by atoms with van der Waals surface area (Å²) >= 11 is 1.46. The number of fused-ring (bicyclic) bond motifs is 5. The van der Waals surface area contributed by atoms with Gasteiger partial charge in [0.05, 0.1) is 0 Å². The molecule has 0 bridgehead atoms. The third kappa shape index (κ3) is 7.22. The molecule has 3 aromatic rings. The van der Waals surface area contributed by atoms with Gasteiger partial charge in [-0.2, -0.15) is 17.2 Å². The molecule has 0 amide bonds. The zero-order valence-corrected chi connectivity index (χ0v) is 33.7. The minimum atomic E-state index is 0.0340. The van der Waals surface area contributed by atoms with E-state index in [4.69, 9.17) is 0 Å². The van der Waals surface area contributed by atoms with Crippen LogP contribution in [-0.4, -0.2) is 3.71 Å². The van der Waals surface area contributed by atoms with Gasteiger partial charge in [-0.05, 0) is 58.4 Å². The predicted molar refractivity (Wildman–Crippen MR) is 202 cm³/mol. The normalized spacial score (nSPS) is 19.2. The number of hydrogen-bond donors (Lipinski definition) is 0. The van der Waals surface area contributed by atoms with E-state index in [0.717, 1.165) is 6.42 Å². The summed E-state index contributed by atoms with van der Waals surface area (Å²) in [6.45, 7) is 29.2. The van der Waals surface area contributed by atoms with Gasteiger partial charge < -0.3 is 0 Å². The average molecular weight is 698 g/mol. The second-order valence-corrected chi connectivity index (χ2v) is 17.3. The molecular weight excluding hydrogens is 644 g/mol. The molecule has 242 valence electrons. The SMILES string of the molecule is CC(C)(C)c1ccc([CH]=[Zr+2])cc1.CC1=[C-]C(C)(C)c2cc3c(cc21)-c1cc2c(cc1C3)C(C)(C)C=C2C.CC1=[C-]C(C)C=C1C(C)C. The van der Waals surface area contributed by atoms with Crippen molar-refractivity contribution < 1.29 is 24.2 Å². The molecule has 0 aromatic heterocycles. The number of allylic oxidation sites excluding steroid dienone is 8. The van der Waals surface area contributed by atoms with E-state index in [9.17, 15) is 0 Å². The topological polar surface area (TPSA) is 0 Å². The van der Waals surface area contributed by atoms with Crippen LogP contribution in [0, 0.1) is 24.0 Å². The maximum absolute atomic E-state index is 3.65. The molecule has 1 atom stereocenters. The van der Waals surface area contributed by atoms with E-state index >= 15 is 0 Å². The van der Waals surface area contributed by atoms with Crippen molar-refractivity contribution in [3.05, 3.63) is 128 Å². The Hall–Kier alpha value is -2.63. The minimum Gasteiger partial charge on any atom is -0.266 e. The minimum absolute atomic E-state index is 0.0340. The molecule has 0 fully saturated rings. The number of benzene rings is 3. The molecule has 4 aliphatic rings. The van der Waals surface area contributed by atoms with Crippen LogP contribution in [-0.2, 0) is 46.9 Å². The molecule has 0 saturated heterocycles. The van der Waals surface area contributed by atoms with Gasteiger partial charge in [0.15, 0.2) is 0 Å². The standard InChI is InChI=1S/C25H25.C11H14.C10H15.Zr/c1-14-12-24(3,4)22-8-16-7-17-9-23-19(15(2)13-25(23,5)6)11-21(17)20(16)10-18(14)22;1-9-5-7-10(8-6-9)11(2,3)4;1-7(2)10-6-8(3)5-9(10)4;/h8-12H,7H2,1-6H3;1,5-8H,2-4H3;6-8H,1-4H3;/q-1;;-1;+2. The Balaban J connectivity index is 0.000000164. The van der Waals surface area contributed by atoms with Gasteiger partial charge in [0.2, 0.25) is 0 Å². The Morgan fingerprint density at radius 2 is 1.38 bits per heavy atom. The molecule has 0 nitrogen and oxygen atoms in total. The van der Waals surface area contributed by atoms with Gasteiger partial charge in [0.25, 0.3) is 0 Å². The van der Waals surface area contributed by atoms with E-state index in [2.05, 4.69) is 167 Å². The summed E-state index contributed by atoms with van der Waals surface area (Å²) in [6.07, 6.45) is 12.8. The smallest absolute Gasteiger partial charge is 0.00873 e. The molecular formula is C46H54Zr. The molecule has 0 N–H and O–H groups in total. The van der Waals surface area contributed by atoms with Gasteiger partial charge in [-0.25, -0.2) is 11.1 Å². The summed E-state index contributed by atoms with van der Waals surface area (Å²) in [4.78, 5) is 0. The molecule has 0 aliphatic heterocycles. The molecule has 0 heterocycles. The van der Waals surface area contributed by atoms with Gasteiger partial charge in [-0.3, -0.25) is 12.2 Å². The molecule has 1 heteroatoms. The fraction of sp³-hybridized carbons (Fsp3) is 0.413. The Morgan fingerprint density at radius 3 is 1.87 bits per heavy atom. The second-order valence-electron chi connectivity index (χ2n) is 16.6. The first-order valence-electron chi connectivity index (χ1n) is 17.4. The van der Waals surface area contributed by atoms with E-state index in [1.807, 2.05) is 0 Å². The predicted octanol–water partition coefficient (Wildman–Crippen LogP) is 12.1. The molecule has 0 spiro atoms. The molecule has 0 saturated carbocycles. The quantitative estimate of drug-likeness (QED) is 0.183. The summed E-state index contributed by atoms with van der Waals surface area (Å²) in [5.41, 5.74) is 20.4. The Kier molecular flexibility index (Phi) is 9.87. The maximum atomic E-state index is 3.65. The monoisotopic (exact) mass is 696 g/mol. The first-order valence-corrected chi connectivity index (χ1v) is 18.8. The van der Waals surface area contributed by atoms with Crippen LogP contribution in [0.15, 0.2) is 71.8 Å². The van der Waals surface area contributed by atoms with Crippen molar-refractivity contribution in [2.24, 2.45) is 11.8 Å². The zero-order valence-electron chi connectivity index (χ0n) is 31.2. The average Bonchev–Trinajstić information content (AvgIpc) is 3.65. The van der Waals surface area contributed by atoms with Gasteiger partial charge in [-0.1, -0.05) is 97.8 Å². The van der Waals surface area contributed by atoms with Crippen LogP contribution in [0.4, 0.5) is 0 Å². The Bertz CT molecular complexity index is 1750. The summed E-state index contributed by atoms with van der Waals surface area (Å²) in [6, 6.07) is 18.6. The van der Waals surface area contributed by atoms with Crippen LogP contribution >= 0.6 is 0 Å². The third-order valence-electron chi connectivity index (χ3n) is 10.3. The summed E-state index contributed by atoms with van der Waals surface area (Å²) in [5.74, 6) is 1.20. The van der Waals surface area contributed by atoms with Crippen LogP contribution in [0.3, 0.4) is 0 Å². The van der Waals surface area contributed by atoms with Crippen molar-refractivity contribution in [2.45, 2.75) is 113 Å². The molecule has 1 unspecified atom stereocenters. The van der Waals surface area contributed by atoms with E-state index < -0.39 is 0 Å². The molecule has 4 aliphatic carbocycles. The first-order chi connectivity index (χ1) is 21.8. The van der Waals surface area contributed by atoms with Crippen LogP contribution in [0.5, 0.6) is 0 Å². The largest absolute Gasteiger partial charge is 0.266 e. The van der Waals surface area contributed by atoms with E-state index in [-0.39, 0.29) is 16.2 Å². The van der Waals surface area contributed by atoms with Crippen molar-refractivity contribution in [2.75, 3.05) is 0 Å². The van der Waals surface area contributed by atoms with Crippen molar-refractivity contribution in [1.29, 1.82) is 0 Å². The molecule has 3 aromatic carbocycles. The Morgan fingerprint density at radius 1 is 0.809 bits per heavy atom. The van der Waals surface area contributed by atoms with E-state index in [1.165, 1.54) is 102 Å². The number of rotatable bonds is 2. The van der Waals surface area contributed by atoms with Crippen molar-refractivity contribution in [1.82, 2.24) is 0 Å². The summed E-state index contributed by atoms with van der Waals surface area (Å²) in [5, 5.41) is 0.